The Kier molecular flexibility index (Phi) is 61.5. The van der Waals surface area contributed by atoms with Gasteiger partial charge in [-0.15, -0.1) is 0 Å². The van der Waals surface area contributed by atoms with Crippen LogP contribution in [0, 0.1) is 17.8 Å². The summed E-state index contributed by atoms with van der Waals surface area (Å²) in [6.07, 6.45) is 47.5. The maximum Gasteiger partial charge on any atom is 0.472 e. The number of ether oxygens (including phenoxy) is 4. The third-order valence-corrected chi connectivity index (χ3v) is 18.9. The summed E-state index contributed by atoms with van der Waals surface area (Å²) in [6.45, 7) is 11.7. The van der Waals surface area contributed by atoms with Crippen LogP contribution < -0.4 is 0 Å². The van der Waals surface area contributed by atoms with Crippen molar-refractivity contribution in [3.63, 3.8) is 0 Å². The van der Waals surface area contributed by atoms with Gasteiger partial charge in [-0.2, -0.15) is 0 Å². The standard InChI is InChI=1S/C72H140O17P2/c1-8-10-11-12-13-14-15-16-17-18-19-20-21-22-23-24-32-41-48-55-71(76)88-67(59-82-69(74)53-46-39-31-28-26-30-38-45-52-65(7)9-2)61-86-90(78,79)84-57-66(73)58-85-91(80,81)87-62-68(60-83-70(75)54-47-40-35-34-37-44-51-64(5)6)89-72(77)56-49-42-33-27-25-29-36-43-50-63(3)4/h63-68,73H,8-62H2,1-7H3,(H,78,79)(H,80,81)/t65?,66-,67-,68-/m1/s1. The molecule has 3 N–H and O–H groups in total. The number of hydrogen-bond acceptors (Lipinski definition) is 15. The smallest absolute Gasteiger partial charge is 0.462 e. The predicted molar refractivity (Wildman–Crippen MR) is 368 cm³/mol. The highest BCUT2D eigenvalue weighted by Gasteiger charge is 2.30. The highest BCUT2D eigenvalue weighted by molar-refractivity contribution is 7.47. The molecule has 540 valence electrons. The zero-order chi connectivity index (χ0) is 67.3. The zero-order valence-electron chi connectivity index (χ0n) is 59.3. The number of aliphatic hydroxyl groups is 1. The molecule has 0 aromatic rings. The number of phosphoric acid groups is 2. The molecule has 0 rings (SSSR count). The molecule has 0 aromatic carbocycles. The van der Waals surface area contributed by atoms with Gasteiger partial charge in [0, 0.05) is 25.7 Å². The van der Waals surface area contributed by atoms with E-state index in [1.807, 2.05) is 0 Å². The van der Waals surface area contributed by atoms with Crippen molar-refractivity contribution in [3.05, 3.63) is 0 Å². The number of carbonyl (C=O) groups excluding carboxylic acids is 4. The van der Waals surface area contributed by atoms with Gasteiger partial charge in [0.25, 0.3) is 0 Å². The Bertz CT molecular complexity index is 1790. The lowest BCUT2D eigenvalue weighted by molar-refractivity contribution is -0.161. The van der Waals surface area contributed by atoms with Crippen molar-refractivity contribution < 1.29 is 80.2 Å². The summed E-state index contributed by atoms with van der Waals surface area (Å²) in [6, 6.07) is 0. The molecule has 0 saturated carbocycles. The Balaban J connectivity index is 5.21. The Hall–Kier alpha value is -1.94. The second kappa shape index (κ2) is 62.8. The minimum atomic E-state index is -4.95. The van der Waals surface area contributed by atoms with Gasteiger partial charge in [0.05, 0.1) is 26.4 Å². The first-order valence-corrected chi connectivity index (χ1v) is 40.4. The summed E-state index contributed by atoms with van der Waals surface area (Å²) < 4.78 is 68.3. The molecule has 0 bridgehead atoms. The molecule has 0 fully saturated rings. The lowest BCUT2D eigenvalue weighted by Gasteiger charge is -2.21. The second-order valence-electron chi connectivity index (χ2n) is 27.2. The van der Waals surface area contributed by atoms with Crippen molar-refractivity contribution in [2.24, 2.45) is 17.8 Å². The SMILES string of the molecule is CCCCCCCCCCCCCCCCCCCCCC(=O)O[C@H](COC(=O)CCCCCCCCCCC(C)CC)COP(=O)(O)OC[C@@H](O)COP(=O)(O)OC[C@@H](COC(=O)CCCCCCCCC(C)C)OC(=O)CCCCCCCCCCC(C)C. The number of phosphoric ester groups is 2. The molecule has 0 aliphatic rings. The van der Waals surface area contributed by atoms with Crippen LogP contribution >= 0.6 is 15.6 Å². The highest BCUT2D eigenvalue weighted by Crippen LogP contribution is 2.45. The van der Waals surface area contributed by atoms with Crippen LogP contribution in [0.2, 0.25) is 0 Å². The molecule has 0 aliphatic heterocycles. The van der Waals surface area contributed by atoms with Crippen LogP contribution in [0.3, 0.4) is 0 Å². The normalized spacial score (nSPS) is 14.5. The van der Waals surface area contributed by atoms with Crippen molar-refractivity contribution in [3.8, 4) is 0 Å². The van der Waals surface area contributed by atoms with Crippen molar-refractivity contribution >= 4 is 39.5 Å². The molecule has 0 aliphatic carbocycles. The minimum absolute atomic E-state index is 0.103. The van der Waals surface area contributed by atoms with E-state index in [1.165, 1.54) is 167 Å². The number of carbonyl (C=O) groups is 4. The van der Waals surface area contributed by atoms with E-state index in [2.05, 4.69) is 48.5 Å². The van der Waals surface area contributed by atoms with Crippen LogP contribution in [0.5, 0.6) is 0 Å². The average Bonchev–Trinajstić information content (AvgIpc) is 3.71. The molecule has 3 unspecified atom stereocenters. The van der Waals surface area contributed by atoms with Gasteiger partial charge in [0.2, 0.25) is 0 Å². The lowest BCUT2D eigenvalue weighted by atomic mass is 9.99. The van der Waals surface area contributed by atoms with Gasteiger partial charge < -0.3 is 33.8 Å². The van der Waals surface area contributed by atoms with Gasteiger partial charge in [0.1, 0.15) is 19.3 Å². The quantitative estimate of drug-likeness (QED) is 0.0222. The summed E-state index contributed by atoms with van der Waals surface area (Å²) in [4.78, 5) is 72.6. The van der Waals surface area contributed by atoms with Crippen molar-refractivity contribution in [2.45, 2.75) is 381 Å². The molecule has 17 nitrogen and oxygen atoms in total. The maximum atomic E-state index is 13.0. The molecular formula is C72H140O17P2. The molecule has 6 atom stereocenters. The van der Waals surface area contributed by atoms with E-state index in [-0.39, 0.29) is 25.7 Å². The summed E-state index contributed by atoms with van der Waals surface area (Å²) in [5, 5.41) is 10.6. The Morgan fingerprint density at radius 3 is 0.835 bits per heavy atom. The van der Waals surface area contributed by atoms with Crippen LogP contribution in [0.25, 0.3) is 0 Å². The van der Waals surface area contributed by atoms with Crippen LogP contribution in [0.1, 0.15) is 363 Å². The van der Waals surface area contributed by atoms with E-state index < -0.39 is 97.5 Å². The Morgan fingerprint density at radius 2 is 0.560 bits per heavy atom. The van der Waals surface area contributed by atoms with Crippen LogP contribution in [0.15, 0.2) is 0 Å². The molecule has 0 saturated heterocycles. The molecular weight excluding hydrogens is 1200 g/mol. The van der Waals surface area contributed by atoms with Gasteiger partial charge in [-0.3, -0.25) is 37.3 Å². The van der Waals surface area contributed by atoms with E-state index >= 15 is 0 Å². The fourth-order valence-electron chi connectivity index (χ4n) is 10.9. The summed E-state index contributed by atoms with van der Waals surface area (Å²) >= 11 is 0. The first-order valence-electron chi connectivity index (χ1n) is 37.4. The molecule has 0 spiro atoms. The Labute approximate surface area is 556 Å². The molecule has 91 heavy (non-hydrogen) atoms. The van der Waals surface area contributed by atoms with E-state index in [4.69, 9.17) is 37.0 Å². The number of esters is 4. The van der Waals surface area contributed by atoms with E-state index in [1.54, 1.807) is 0 Å². The number of unbranched alkanes of at least 4 members (excludes halogenated alkanes) is 37. The Morgan fingerprint density at radius 1 is 0.319 bits per heavy atom. The van der Waals surface area contributed by atoms with Crippen molar-refractivity contribution in [1.29, 1.82) is 0 Å². The fraction of sp³-hybridized carbons (Fsp3) is 0.944. The van der Waals surface area contributed by atoms with E-state index in [0.29, 0.717) is 31.6 Å². The van der Waals surface area contributed by atoms with E-state index in [9.17, 15) is 43.2 Å². The van der Waals surface area contributed by atoms with Gasteiger partial charge in [-0.05, 0) is 43.4 Å². The third-order valence-electron chi connectivity index (χ3n) is 17.0. The van der Waals surface area contributed by atoms with Crippen molar-refractivity contribution in [1.82, 2.24) is 0 Å². The highest BCUT2D eigenvalue weighted by atomic mass is 31.2. The summed E-state index contributed by atoms with van der Waals surface area (Å²) in [5.74, 6) is 0.0468. The fourth-order valence-corrected chi connectivity index (χ4v) is 12.4. The van der Waals surface area contributed by atoms with Crippen LogP contribution in [-0.4, -0.2) is 96.7 Å². The second-order valence-corrected chi connectivity index (χ2v) is 30.1. The summed E-state index contributed by atoms with van der Waals surface area (Å²) in [7, 11) is -9.90. The minimum Gasteiger partial charge on any atom is -0.462 e. The first kappa shape index (κ1) is 89.1. The topological polar surface area (TPSA) is 237 Å². The van der Waals surface area contributed by atoms with Gasteiger partial charge in [-0.25, -0.2) is 9.13 Å². The molecule has 0 amide bonds. The van der Waals surface area contributed by atoms with Gasteiger partial charge in [0.15, 0.2) is 12.2 Å². The first-order chi connectivity index (χ1) is 43.8. The molecule has 0 aromatic heterocycles. The number of aliphatic hydroxyl groups excluding tert-OH is 1. The monoisotopic (exact) mass is 1340 g/mol. The average molecular weight is 1340 g/mol. The van der Waals surface area contributed by atoms with Crippen LogP contribution in [0.4, 0.5) is 0 Å². The lowest BCUT2D eigenvalue weighted by Crippen LogP contribution is -2.30. The van der Waals surface area contributed by atoms with Gasteiger partial charge >= 0.3 is 39.5 Å². The maximum absolute atomic E-state index is 13.0. The number of rotatable bonds is 70. The molecule has 0 radical (unpaired) electrons. The summed E-state index contributed by atoms with van der Waals surface area (Å²) in [5.41, 5.74) is 0. The van der Waals surface area contributed by atoms with Crippen molar-refractivity contribution in [2.75, 3.05) is 39.6 Å². The molecule has 0 heterocycles. The predicted octanol–water partition coefficient (Wildman–Crippen LogP) is 20.6. The largest absolute Gasteiger partial charge is 0.472 e. The van der Waals surface area contributed by atoms with E-state index in [0.717, 1.165) is 108 Å². The van der Waals surface area contributed by atoms with Gasteiger partial charge in [-0.1, -0.05) is 312 Å². The zero-order valence-corrected chi connectivity index (χ0v) is 61.1. The van der Waals surface area contributed by atoms with Crippen LogP contribution in [-0.2, 0) is 65.4 Å². The number of hydrogen-bond donors (Lipinski definition) is 3. The molecule has 19 heteroatoms. The third kappa shape index (κ3) is 65.1.